The molecule has 0 aromatic rings. The number of hydrogen-bond acceptors (Lipinski definition) is 2. The number of hydrogen-bond donors (Lipinski definition) is 1. The molecule has 4 rings (SSSR count). The summed E-state index contributed by atoms with van der Waals surface area (Å²) in [5.74, 6) is 2.22. The number of allylic oxidation sites excluding steroid dienone is 4. The molecule has 0 heterocycles. The van der Waals surface area contributed by atoms with Crippen LogP contribution in [0.3, 0.4) is 0 Å². The van der Waals surface area contributed by atoms with Gasteiger partial charge in [-0.2, -0.15) is 0 Å². The van der Waals surface area contributed by atoms with E-state index < -0.39 is 0 Å². The van der Waals surface area contributed by atoms with Gasteiger partial charge in [-0.1, -0.05) is 25.5 Å². The number of ketones is 1. The van der Waals surface area contributed by atoms with E-state index in [-0.39, 0.29) is 22.7 Å². The van der Waals surface area contributed by atoms with Gasteiger partial charge in [-0.05, 0) is 73.8 Å². The van der Waals surface area contributed by atoms with Crippen molar-refractivity contribution in [2.24, 2.45) is 28.6 Å². The van der Waals surface area contributed by atoms with Crippen molar-refractivity contribution in [2.75, 3.05) is 0 Å². The average Bonchev–Trinajstić information content (AvgIpc) is 2.76. The van der Waals surface area contributed by atoms with Crippen LogP contribution in [0.2, 0.25) is 0 Å². The highest BCUT2D eigenvalue weighted by Crippen LogP contribution is 2.64. The van der Waals surface area contributed by atoms with Crippen molar-refractivity contribution in [2.45, 2.75) is 58.5 Å². The van der Waals surface area contributed by atoms with E-state index in [1.165, 1.54) is 24.8 Å². The Kier molecular flexibility index (Phi) is 2.83. The van der Waals surface area contributed by atoms with Gasteiger partial charge in [0, 0.05) is 5.41 Å². The van der Waals surface area contributed by atoms with Crippen LogP contribution in [0.15, 0.2) is 23.8 Å². The molecular weight excluding hydrogens is 260 g/mol. The Hall–Kier alpha value is -0.890. The van der Waals surface area contributed by atoms with E-state index in [1.54, 1.807) is 6.08 Å². The molecule has 0 radical (unpaired) electrons. The van der Waals surface area contributed by atoms with E-state index in [4.69, 9.17) is 0 Å². The Labute approximate surface area is 127 Å². The highest BCUT2D eigenvalue weighted by molar-refractivity contribution is 6.01. The molecule has 3 fully saturated rings. The zero-order valence-electron chi connectivity index (χ0n) is 13.1. The predicted octanol–water partition coefficient (Wildman–Crippen LogP) is 3.66. The fourth-order valence-electron chi connectivity index (χ4n) is 6.17. The Balaban J connectivity index is 1.70. The lowest BCUT2D eigenvalue weighted by Gasteiger charge is -2.56. The maximum atomic E-state index is 11.7. The van der Waals surface area contributed by atoms with Crippen LogP contribution in [0.5, 0.6) is 0 Å². The molecule has 2 heteroatoms. The summed E-state index contributed by atoms with van der Waals surface area (Å²) in [6.07, 6.45) is 12.6. The molecule has 0 saturated heterocycles. The number of fused-ring (bicyclic) bond motifs is 5. The van der Waals surface area contributed by atoms with Gasteiger partial charge in [0.05, 0.1) is 6.10 Å². The Bertz CT molecular complexity index is 546. The monoisotopic (exact) mass is 286 g/mol. The first-order valence-corrected chi connectivity index (χ1v) is 8.57. The fraction of sp³-hybridized carbons (Fsp3) is 0.737. The molecule has 0 amide bonds. The normalized spacial score (nSPS) is 52.0. The fourth-order valence-corrected chi connectivity index (χ4v) is 6.17. The van der Waals surface area contributed by atoms with Gasteiger partial charge < -0.3 is 5.11 Å². The van der Waals surface area contributed by atoms with Crippen LogP contribution >= 0.6 is 0 Å². The second-order valence-electron chi connectivity index (χ2n) is 8.24. The summed E-state index contributed by atoms with van der Waals surface area (Å²) in [5, 5.41) is 10.4. The average molecular weight is 286 g/mol. The van der Waals surface area contributed by atoms with Crippen LogP contribution in [-0.2, 0) is 4.79 Å². The molecule has 114 valence electrons. The predicted molar refractivity (Wildman–Crippen MR) is 82.6 cm³/mol. The number of rotatable bonds is 0. The molecule has 0 aliphatic heterocycles. The van der Waals surface area contributed by atoms with Crippen molar-refractivity contribution >= 4 is 5.78 Å². The van der Waals surface area contributed by atoms with Crippen LogP contribution in [0, 0.1) is 28.6 Å². The van der Waals surface area contributed by atoms with Crippen molar-refractivity contribution in [3.63, 3.8) is 0 Å². The minimum Gasteiger partial charge on any atom is -0.393 e. The number of carbonyl (C=O) groups excluding carboxylic acids is 1. The molecule has 3 saturated carbocycles. The highest BCUT2D eigenvalue weighted by atomic mass is 16.3. The summed E-state index contributed by atoms with van der Waals surface area (Å²) < 4.78 is 0. The minimum atomic E-state index is -0.100. The molecule has 0 spiro atoms. The SMILES string of the molecule is C[C@]12CC[C@@H]3[C@H](CCC4=CC(=O)C=C[C@]43C)[C@H]1CC[C@@H]2O. The van der Waals surface area contributed by atoms with E-state index >= 15 is 0 Å². The van der Waals surface area contributed by atoms with Crippen LogP contribution in [0.25, 0.3) is 0 Å². The standard InChI is InChI=1S/C19H26O2/c1-18-9-7-13(20)11-12(18)3-4-14-15-5-6-17(21)19(15,2)10-8-16(14)18/h7,9,11,14-17,21H,3-6,8,10H2,1-2H3/t14-,15-,16-,17+,18-,19+/m1/s1. The van der Waals surface area contributed by atoms with Crippen LogP contribution < -0.4 is 0 Å². The third-order valence-electron chi connectivity index (χ3n) is 7.51. The van der Waals surface area contributed by atoms with E-state index in [0.717, 1.165) is 25.2 Å². The largest absolute Gasteiger partial charge is 0.393 e. The molecule has 2 nitrogen and oxygen atoms in total. The Morgan fingerprint density at radius 1 is 1.14 bits per heavy atom. The van der Waals surface area contributed by atoms with Crippen molar-refractivity contribution in [3.8, 4) is 0 Å². The number of carbonyl (C=O) groups is 1. The maximum Gasteiger partial charge on any atom is 0.178 e. The molecule has 6 atom stereocenters. The first kappa shape index (κ1) is 13.8. The lowest BCUT2D eigenvalue weighted by atomic mass is 9.48. The number of aliphatic hydroxyl groups excluding tert-OH is 1. The third kappa shape index (κ3) is 1.72. The van der Waals surface area contributed by atoms with E-state index in [2.05, 4.69) is 19.9 Å². The number of aliphatic hydroxyl groups is 1. The topological polar surface area (TPSA) is 37.3 Å². The molecule has 4 aliphatic carbocycles. The molecule has 1 N–H and O–H groups in total. The van der Waals surface area contributed by atoms with E-state index in [0.29, 0.717) is 11.8 Å². The second-order valence-corrected chi connectivity index (χ2v) is 8.24. The first-order valence-electron chi connectivity index (χ1n) is 8.57. The smallest absolute Gasteiger partial charge is 0.178 e. The summed E-state index contributed by atoms with van der Waals surface area (Å²) in [6, 6.07) is 0. The van der Waals surface area contributed by atoms with Gasteiger partial charge >= 0.3 is 0 Å². The van der Waals surface area contributed by atoms with Crippen molar-refractivity contribution in [1.29, 1.82) is 0 Å². The van der Waals surface area contributed by atoms with Crippen LogP contribution in [-0.4, -0.2) is 17.0 Å². The third-order valence-corrected chi connectivity index (χ3v) is 7.51. The van der Waals surface area contributed by atoms with Crippen LogP contribution in [0.1, 0.15) is 52.4 Å². The zero-order valence-corrected chi connectivity index (χ0v) is 13.1. The summed E-state index contributed by atoms with van der Waals surface area (Å²) in [7, 11) is 0. The lowest BCUT2D eigenvalue weighted by Crippen LogP contribution is -2.50. The van der Waals surface area contributed by atoms with Crippen molar-refractivity contribution < 1.29 is 9.90 Å². The Morgan fingerprint density at radius 3 is 2.76 bits per heavy atom. The molecular formula is C19H26O2. The quantitative estimate of drug-likeness (QED) is 0.738. The van der Waals surface area contributed by atoms with Crippen LogP contribution in [0.4, 0.5) is 0 Å². The van der Waals surface area contributed by atoms with Gasteiger partial charge in [-0.15, -0.1) is 0 Å². The second kappa shape index (κ2) is 4.32. The minimum absolute atomic E-state index is 0.0890. The molecule has 0 aromatic carbocycles. The van der Waals surface area contributed by atoms with Gasteiger partial charge in [0.25, 0.3) is 0 Å². The van der Waals surface area contributed by atoms with Gasteiger partial charge in [0.15, 0.2) is 5.78 Å². The van der Waals surface area contributed by atoms with E-state index in [1.807, 2.05) is 6.08 Å². The first-order chi connectivity index (χ1) is 9.95. The summed E-state index contributed by atoms with van der Waals surface area (Å²) >= 11 is 0. The molecule has 0 aromatic heterocycles. The summed E-state index contributed by atoms with van der Waals surface area (Å²) in [5.41, 5.74) is 1.59. The van der Waals surface area contributed by atoms with Gasteiger partial charge in [0.2, 0.25) is 0 Å². The van der Waals surface area contributed by atoms with E-state index in [9.17, 15) is 9.90 Å². The Morgan fingerprint density at radius 2 is 1.95 bits per heavy atom. The zero-order chi connectivity index (χ0) is 14.8. The molecule has 21 heavy (non-hydrogen) atoms. The summed E-state index contributed by atoms with van der Waals surface area (Å²) in [6.45, 7) is 4.66. The molecule has 4 aliphatic rings. The highest BCUT2D eigenvalue weighted by Gasteiger charge is 2.58. The van der Waals surface area contributed by atoms with Gasteiger partial charge in [0.1, 0.15) is 0 Å². The lowest BCUT2D eigenvalue weighted by molar-refractivity contribution is -0.111. The summed E-state index contributed by atoms with van der Waals surface area (Å²) in [4.78, 5) is 11.7. The van der Waals surface area contributed by atoms with Gasteiger partial charge in [-0.3, -0.25) is 4.79 Å². The molecule has 0 bridgehead atoms. The van der Waals surface area contributed by atoms with Gasteiger partial charge in [-0.25, -0.2) is 0 Å². The van der Waals surface area contributed by atoms with Crippen molar-refractivity contribution in [3.05, 3.63) is 23.8 Å². The van der Waals surface area contributed by atoms with Crippen molar-refractivity contribution in [1.82, 2.24) is 0 Å². The molecule has 0 unspecified atom stereocenters. The maximum absolute atomic E-state index is 11.7.